The highest BCUT2D eigenvalue weighted by Crippen LogP contribution is 2.29. The van der Waals surface area contributed by atoms with Crippen LogP contribution in [0.25, 0.3) is 0 Å². The molecule has 0 radical (unpaired) electrons. The summed E-state index contributed by atoms with van der Waals surface area (Å²) in [6.45, 7) is 3.67. The summed E-state index contributed by atoms with van der Waals surface area (Å²) in [5.41, 5.74) is 1.02. The van der Waals surface area contributed by atoms with Crippen LogP contribution < -0.4 is 4.72 Å². The Kier molecular flexibility index (Phi) is 5.03. The number of benzene rings is 1. The minimum absolute atomic E-state index is 0.0419. The van der Waals surface area contributed by atoms with Gasteiger partial charge in [-0.25, -0.2) is 13.2 Å². The Morgan fingerprint density at radius 1 is 1.35 bits per heavy atom. The number of aryl methyl sites for hydroxylation is 1. The topological polar surface area (TPSA) is 96.3 Å². The van der Waals surface area contributed by atoms with E-state index in [1.165, 1.54) is 24.3 Å². The van der Waals surface area contributed by atoms with Crippen molar-refractivity contribution in [2.75, 3.05) is 11.3 Å². The predicted octanol–water partition coefficient (Wildman–Crippen LogP) is 2.91. The number of nitrogens with one attached hydrogen (secondary N) is 1. The Labute approximate surface area is 138 Å². The summed E-state index contributed by atoms with van der Waals surface area (Å²) in [6.07, 6.45) is 0. The summed E-state index contributed by atoms with van der Waals surface area (Å²) >= 11 is 1.02. The molecule has 120 valence electrons. The van der Waals surface area contributed by atoms with E-state index in [2.05, 4.69) is 4.72 Å². The van der Waals surface area contributed by atoms with E-state index in [0.717, 1.165) is 11.3 Å². The molecular formula is C15H14N2O4S2. The van der Waals surface area contributed by atoms with Crippen LogP contribution in [0.15, 0.2) is 35.2 Å². The quantitative estimate of drug-likeness (QED) is 0.836. The summed E-state index contributed by atoms with van der Waals surface area (Å²) in [6, 6.07) is 9.07. The minimum Gasteiger partial charge on any atom is -0.462 e. The number of ether oxygens (including phenoxy) is 1. The van der Waals surface area contributed by atoms with Gasteiger partial charge in [-0.1, -0.05) is 0 Å². The summed E-state index contributed by atoms with van der Waals surface area (Å²) in [4.78, 5) is 12.2. The Balaban J connectivity index is 2.25. The third kappa shape index (κ3) is 3.88. The zero-order chi connectivity index (χ0) is 17.0. The second kappa shape index (κ2) is 6.81. The molecule has 1 aromatic carbocycles. The molecule has 0 bridgehead atoms. The van der Waals surface area contributed by atoms with Gasteiger partial charge in [0.2, 0.25) is 0 Å². The first kappa shape index (κ1) is 17.0. The number of anilines is 1. The van der Waals surface area contributed by atoms with Crippen LogP contribution in [0.4, 0.5) is 5.00 Å². The molecule has 1 heterocycles. The molecule has 0 amide bonds. The Bertz CT molecular complexity index is 862. The molecule has 0 aliphatic heterocycles. The van der Waals surface area contributed by atoms with Crippen molar-refractivity contribution < 1.29 is 17.9 Å². The molecule has 2 aromatic rings. The normalized spacial score (nSPS) is 10.8. The molecule has 0 atom stereocenters. The third-order valence-electron chi connectivity index (χ3n) is 2.91. The van der Waals surface area contributed by atoms with Crippen molar-refractivity contribution in [1.29, 1.82) is 5.26 Å². The van der Waals surface area contributed by atoms with Crippen molar-refractivity contribution in [1.82, 2.24) is 0 Å². The first-order valence-corrected chi connectivity index (χ1v) is 8.98. The number of hydrogen-bond donors (Lipinski definition) is 1. The maximum atomic E-state index is 12.3. The molecule has 0 aliphatic rings. The molecule has 6 nitrogen and oxygen atoms in total. The van der Waals surface area contributed by atoms with Gasteiger partial charge in [0.25, 0.3) is 10.0 Å². The minimum atomic E-state index is -3.78. The summed E-state index contributed by atoms with van der Waals surface area (Å²) in [5, 5.41) is 9.07. The second-order valence-corrected chi connectivity index (χ2v) is 7.32. The first-order chi connectivity index (χ1) is 10.9. The third-order valence-corrected chi connectivity index (χ3v) is 5.55. The van der Waals surface area contributed by atoms with Crippen LogP contribution >= 0.6 is 11.3 Å². The van der Waals surface area contributed by atoms with Gasteiger partial charge < -0.3 is 4.74 Å². The molecule has 1 aromatic heterocycles. The first-order valence-electron chi connectivity index (χ1n) is 6.68. The number of carbonyl (C=O) groups is 1. The lowest BCUT2D eigenvalue weighted by Crippen LogP contribution is -2.11. The SMILES string of the molecule is CCOC(=O)c1sc(NS(=O)(=O)c2ccc(C#N)cc2)cc1C. The zero-order valence-corrected chi connectivity index (χ0v) is 14.1. The molecule has 23 heavy (non-hydrogen) atoms. The second-order valence-electron chi connectivity index (χ2n) is 4.58. The molecule has 0 unspecified atom stereocenters. The van der Waals surface area contributed by atoms with E-state index in [1.807, 2.05) is 6.07 Å². The van der Waals surface area contributed by atoms with E-state index in [9.17, 15) is 13.2 Å². The van der Waals surface area contributed by atoms with E-state index in [4.69, 9.17) is 10.00 Å². The number of rotatable bonds is 5. The maximum Gasteiger partial charge on any atom is 0.348 e. The van der Waals surface area contributed by atoms with Crippen molar-refractivity contribution in [3.63, 3.8) is 0 Å². The van der Waals surface area contributed by atoms with E-state index >= 15 is 0 Å². The number of hydrogen-bond acceptors (Lipinski definition) is 6. The van der Waals surface area contributed by atoms with Gasteiger partial charge in [0, 0.05) is 0 Å². The Morgan fingerprint density at radius 3 is 2.57 bits per heavy atom. The average Bonchev–Trinajstić information content (AvgIpc) is 2.87. The van der Waals surface area contributed by atoms with Crippen LogP contribution in [0.1, 0.15) is 27.7 Å². The van der Waals surface area contributed by atoms with E-state index in [0.29, 0.717) is 21.0 Å². The van der Waals surface area contributed by atoms with Crippen molar-refractivity contribution >= 4 is 32.3 Å². The van der Waals surface area contributed by atoms with Crippen LogP contribution in [-0.2, 0) is 14.8 Å². The Hall–Kier alpha value is -2.37. The molecule has 8 heteroatoms. The van der Waals surface area contributed by atoms with E-state index < -0.39 is 16.0 Å². The molecular weight excluding hydrogens is 336 g/mol. The van der Waals surface area contributed by atoms with Crippen molar-refractivity contribution in [2.24, 2.45) is 0 Å². The van der Waals surface area contributed by atoms with Crippen LogP contribution in [0.5, 0.6) is 0 Å². The Morgan fingerprint density at radius 2 is 2.00 bits per heavy atom. The van der Waals surface area contributed by atoms with Gasteiger partial charge in [-0.3, -0.25) is 4.72 Å². The highest BCUT2D eigenvalue weighted by atomic mass is 32.2. The van der Waals surface area contributed by atoms with Gasteiger partial charge in [-0.15, -0.1) is 11.3 Å². The van der Waals surface area contributed by atoms with Crippen molar-refractivity contribution in [3.8, 4) is 6.07 Å². The van der Waals surface area contributed by atoms with E-state index in [-0.39, 0.29) is 11.5 Å². The molecule has 0 aliphatic carbocycles. The van der Waals surface area contributed by atoms with Gasteiger partial charge in [-0.2, -0.15) is 5.26 Å². The molecule has 0 saturated heterocycles. The highest BCUT2D eigenvalue weighted by molar-refractivity contribution is 7.93. The lowest BCUT2D eigenvalue weighted by atomic mass is 10.2. The summed E-state index contributed by atoms with van der Waals surface area (Å²) < 4.78 is 32.0. The largest absolute Gasteiger partial charge is 0.462 e. The van der Waals surface area contributed by atoms with Crippen LogP contribution in [0.3, 0.4) is 0 Å². The van der Waals surface area contributed by atoms with Crippen molar-refractivity contribution in [3.05, 3.63) is 46.3 Å². The van der Waals surface area contributed by atoms with Gasteiger partial charge in [0.15, 0.2) is 0 Å². The molecule has 0 fully saturated rings. The lowest BCUT2D eigenvalue weighted by molar-refractivity contribution is 0.0531. The highest BCUT2D eigenvalue weighted by Gasteiger charge is 2.19. The summed E-state index contributed by atoms with van der Waals surface area (Å²) in [7, 11) is -3.78. The lowest BCUT2D eigenvalue weighted by Gasteiger charge is -2.05. The van der Waals surface area contributed by atoms with Gasteiger partial charge in [0.05, 0.1) is 23.1 Å². The van der Waals surface area contributed by atoms with Crippen LogP contribution in [0, 0.1) is 18.3 Å². The number of nitriles is 1. The smallest absolute Gasteiger partial charge is 0.348 e. The van der Waals surface area contributed by atoms with Gasteiger partial charge in [-0.05, 0) is 49.7 Å². The molecule has 0 saturated carbocycles. The van der Waals surface area contributed by atoms with Gasteiger partial charge >= 0.3 is 5.97 Å². The zero-order valence-electron chi connectivity index (χ0n) is 12.5. The number of carbonyl (C=O) groups excluding carboxylic acids is 1. The van der Waals surface area contributed by atoms with Crippen molar-refractivity contribution in [2.45, 2.75) is 18.7 Å². The fraction of sp³-hybridized carbons (Fsp3) is 0.200. The molecule has 0 spiro atoms. The van der Waals surface area contributed by atoms with Crippen LogP contribution in [0.2, 0.25) is 0 Å². The number of sulfonamides is 1. The monoisotopic (exact) mass is 350 g/mol. The van der Waals surface area contributed by atoms with Crippen LogP contribution in [-0.4, -0.2) is 21.0 Å². The maximum absolute atomic E-state index is 12.3. The number of nitrogens with zero attached hydrogens (tertiary/aromatic N) is 1. The number of thiophene rings is 1. The summed E-state index contributed by atoms with van der Waals surface area (Å²) in [5.74, 6) is -0.473. The molecule has 1 N–H and O–H groups in total. The fourth-order valence-corrected chi connectivity index (χ4v) is 4.08. The number of esters is 1. The standard InChI is InChI=1S/C15H14N2O4S2/c1-3-21-15(18)14-10(2)8-13(22-14)17-23(19,20)12-6-4-11(9-16)5-7-12/h4-8,17H,3H2,1-2H3. The predicted molar refractivity (Wildman–Crippen MR) is 87.0 cm³/mol. The fourth-order valence-electron chi connectivity index (χ4n) is 1.83. The molecule has 2 rings (SSSR count). The van der Waals surface area contributed by atoms with Gasteiger partial charge in [0.1, 0.15) is 9.88 Å². The van der Waals surface area contributed by atoms with E-state index in [1.54, 1.807) is 19.9 Å². The average molecular weight is 350 g/mol.